The van der Waals surface area contributed by atoms with Gasteiger partial charge in [-0.1, -0.05) is 13.8 Å². The number of hydrogen-bond acceptors (Lipinski definition) is 2. The highest BCUT2D eigenvalue weighted by molar-refractivity contribution is 5.74. The van der Waals surface area contributed by atoms with Gasteiger partial charge < -0.3 is 5.73 Å². The molecule has 0 unspecified atom stereocenters. The number of H-pyrrole nitrogens is 1. The van der Waals surface area contributed by atoms with Crippen molar-refractivity contribution < 1.29 is 8.78 Å². The summed E-state index contributed by atoms with van der Waals surface area (Å²) < 4.78 is 27.2. The lowest BCUT2D eigenvalue weighted by Crippen LogP contribution is -1.97. The van der Waals surface area contributed by atoms with E-state index in [0.717, 1.165) is 5.56 Å². The molecule has 1 heterocycles. The summed E-state index contributed by atoms with van der Waals surface area (Å²) in [5, 5.41) is 6.21. The molecule has 1 aromatic heterocycles. The number of anilines is 1. The van der Waals surface area contributed by atoms with Crippen LogP contribution >= 0.6 is 0 Å². The van der Waals surface area contributed by atoms with Gasteiger partial charge in [0, 0.05) is 11.1 Å². The summed E-state index contributed by atoms with van der Waals surface area (Å²) in [6, 6.07) is 2.81. The number of nitrogens with one attached hydrogen (secondary N) is 1. The van der Waals surface area contributed by atoms with Crippen LogP contribution in [-0.4, -0.2) is 10.2 Å². The molecule has 0 aliphatic carbocycles. The van der Waals surface area contributed by atoms with E-state index in [1.54, 1.807) is 6.07 Å². The summed E-state index contributed by atoms with van der Waals surface area (Å²) in [4.78, 5) is 0. The van der Waals surface area contributed by atoms with E-state index in [2.05, 4.69) is 10.2 Å². The van der Waals surface area contributed by atoms with E-state index < -0.39 is 11.6 Å². The van der Waals surface area contributed by atoms with Crippen LogP contribution in [0.4, 0.5) is 14.6 Å². The van der Waals surface area contributed by atoms with Crippen LogP contribution in [0, 0.1) is 11.6 Å². The van der Waals surface area contributed by atoms with Gasteiger partial charge in [0.2, 0.25) is 0 Å². The van der Waals surface area contributed by atoms with Gasteiger partial charge in [0.25, 0.3) is 0 Å². The fourth-order valence-corrected chi connectivity index (χ4v) is 1.65. The van der Waals surface area contributed by atoms with Gasteiger partial charge in [-0.05, 0) is 23.6 Å². The molecule has 2 rings (SSSR count). The SMILES string of the molecule is CC(C)c1cc(F)c(F)c(-c2cn[nH]c2N)c1. The average molecular weight is 237 g/mol. The van der Waals surface area contributed by atoms with Crippen molar-refractivity contribution in [2.24, 2.45) is 0 Å². The molecule has 0 aliphatic rings. The summed E-state index contributed by atoms with van der Waals surface area (Å²) in [6.45, 7) is 3.82. The molecular formula is C12H13F2N3. The molecule has 2 aromatic rings. The van der Waals surface area contributed by atoms with Gasteiger partial charge in [-0.3, -0.25) is 5.10 Å². The van der Waals surface area contributed by atoms with Gasteiger partial charge in [-0.25, -0.2) is 8.78 Å². The fraction of sp³-hybridized carbons (Fsp3) is 0.250. The van der Waals surface area contributed by atoms with E-state index in [4.69, 9.17) is 5.73 Å². The number of hydrogen-bond donors (Lipinski definition) is 2. The summed E-state index contributed by atoms with van der Waals surface area (Å²) in [5.74, 6) is -1.43. The lowest BCUT2D eigenvalue weighted by Gasteiger charge is -2.10. The van der Waals surface area contributed by atoms with Crippen molar-refractivity contribution in [2.45, 2.75) is 19.8 Å². The van der Waals surface area contributed by atoms with Crippen LogP contribution in [0.3, 0.4) is 0 Å². The van der Waals surface area contributed by atoms with Crippen molar-refractivity contribution in [3.63, 3.8) is 0 Å². The number of aromatic amines is 1. The maximum atomic E-state index is 13.7. The standard InChI is InChI=1S/C12H13F2N3/c1-6(2)7-3-8(11(14)10(13)4-7)9-5-16-17-12(9)15/h3-6H,1-2H3,(H3,15,16,17). The van der Waals surface area contributed by atoms with Crippen molar-refractivity contribution in [1.82, 2.24) is 10.2 Å². The van der Waals surface area contributed by atoms with Crippen molar-refractivity contribution in [3.05, 3.63) is 35.5 Å². The highest BCUT2D eigenvalue weighted by Crippen LogP contribution is 2.31. The summed E-state index contributed by atoms with van der Waals surface area (Å²) in [5.41, 5.74) is 6.85. The van der Waals surface area contributed by atoms with Crippen LogP contribution in [0.15, 0.2) is 18.3 Å². The molecule has 0 bridgehead atoms. The minimum atomic E-state index is -0.900. The Kier molecular flexibility index (Phi) is 2.83. The highest BCUT2D eigenvalue weighted by atomic mass is 19.2. The van der Waals surface area contributed by atoms with E-state index in [1.807, 2.05) is 13.8 Å². The molecule has 0 radical (unpaired) electrons. The first-order chi connectivity index (χ1) is 8.00. The van der Waals surface area contributed by atoms with Gasteiger partial charge >= 0.3 is 0 Å². The second-order valence-corrected chi connectivity index (χ2v) is 4.22. The maximum Gasteiger partial charge on any atom is 0.166 e. The fourth-order valence-electron chi connectivity index (χ4n) is 1.65. The molecule has 90 valence electrons. The smallest absolute Gasteiger partial charge is 0.166 e. The van der Waals surface area contributed by atoms with Crippen molar-refractivity contribution in [3.8, 4) is 11.1 Å². The lowest BCUT2D eigenvalue weighted by molar-refractivity contribution is 0.509. The van der Waals surface area contributed by atoms with Crippen LogP contribution in [0.5, 0.6) is 0 Å². The number of halogens is 2. The van der Waals surface area contributed by atoms with Gasteiger partial charge in [-0.15, -0.1) is 0 Å². The Bertz CT molecular complexity index is 547. The number of nitrogens with zero attached hydrogens (tertiary/aromatic N) is 1. The van der Waals surface area contributed by atoms with Crippen LogP contribution in [0.25, 0.3) is 11.1 Å². The summed E-state index contributed by atoms with van der Waals surface area (Å²) in [6.07, 6.45) is 1.39. The normalized spacial score (nSPS) is 11.1. The molecule has 0 saturated heterocycles. The Morgan fingerprint density at radius 1 is 1.24 bits per heavy atom. The van der Waals surface area contributed by atoms with E-state index in [1.165, 1.54) is 12.3 Å². The molecule has 0 amide bonds. The molecule has 0 fully saturated rings. The maximum absolute atomic E-state index is 13.7. The second kappa shape index (κ2) is 4.16. The van der Waals surface area contributed by atoms with Gasteiger partial charge in [0.1, 0.15) is 5.82 Å². The zero-order valence-electron chi connectivity index (χ0n) is 9.59. The zero-order valence-corrected chi connectivity index (χ0v) is 9.59. The van der Waals surface area contributed by atoms with E-state index >= 15 is 0 Å². The third-order valence-electron chi connectivity index (χ3n) is 2.68. The van der Waals surface area contributed by atoms with E-state index in [0.29, 0.717) is 5.56 Å². The topological polar surface area (TPSA) is 54.7 Å². The first-order valence-electron chi connectivity index (χ1n) is 5.29. The van der Waals surface area contributed by atoms with E-state index in [9.17, 15) is 8.78 Å². The number of nitrogens with two attached hydrogens (primary N) is 1. The van der Waals surface area contributed by atoms with Crippen molar-refractivity contribution in [2.75, 3.05) is 5.73 Å². The average Bonchev–Trinajstić information content (AvgIpc) is 2.68. The molecule has 5 heteroatoms. The molecule has 0 spiro atoms. The summed E-state index contributed by atoms with van der Waals surface area (Å²) >= 11 is 0. The molecule has 3 N–H and O–H groups in total. The molecule has 0 aliphatic heterocycles. The largest absolute Gasteiger partial charge is 0.384 e. The van der Waals surface area contributed by atoms with Crippen LogP contribution in [0.1, 0.15) is 25.3 Å². The van der Waals surface area contributed by atoms with Crippen molar-refractivity contribution >= 4 is 5.82 Å². The van der Waals surface area contributed by atoms with Crippen molar-refractivity contribution in [1.29, 1.82) is 0 Å². The Labute approximate surface area is 97.7 Å². The zero-order chi connectivity index (χ0) is 12.6. The predicted octanol–water partition coefficient (Wildman–Crippen LogP) is 3.06. The third kappa shape index (κ3) is 2.00. The van der Waals surface area contributed by atoms with Gasteiger partial charge in [-0.2, -0.15) is 5.10 Å². The number of nitrogen functional groups attached to an aromatic ring is 1. The van der Waals surface area contributed by atoms with Crippen LogP contribution < -0.4 is 5.73 Å². The Morgan fingerprint density at radius 2 is 1.94 bits per heavy atom. The van der Waals surface area contributed by atoms with Crippen LogP contribution in [-0.2, 0) is 0 Å². The number of rotatable bonds is 2. The molecule has 17 heavy (non-hydrogen) atoms. The minimum absolute atomic E-state index is 0.108. The first kappa shape index (κ1) is 11.6. The van der Waals surface area contributed by atoms with E-state index in [-0.39, 0.29) is 17.3 Å². The quantitative estimate of drug-likeness (QED) is 0.843. The Hall–Kier alpha value is -1.91. The number of aromatic nitrogens is 2. The van der Waals surface area contributed by atoms with Gasteiger partial charge in [0.05, 0.1) is 6.20 Å². The van der Waals surface area contributed by atoms with Gasteiger partial charge in [0.15, 0.2) is 11.6 Å². The van der Waals surface area contributed by atoms with Crippen LogP contribution in [0.2, 0.25) is 0 Å². The molecule has 1 aromatic carbocycles. The monoisotopic (exact) mass is 237 g/mol. The predicted molar refractivity (Wildman–Crippen MR) is 62.4 cm³/mol. The highest BCUT2D eigenvalue weighted by Gasteiger charge is 2.16. The number of benzene rings is 1. The molecule has 0 atom stereocenters. The Balaban J connectivity index is 2.65. The summed E-state index contributed by atoms with van der Waals surface area (Å²) in [7, 11) is 0. The molecule has 0 saturated carbocycles. The lowest BCUT2D eigenvalue weighted by atomic mass is 9.97. The second-order valence-electron chi connectivity index (χ2n) is 4.22. The minimum Gasteiger partial charge on any atom is -0.384 e. The third-order valence-corrected chi connectivity index (χ3v) is 2.68. The Morgan fingerprint density at radius 3 is 2.47 bits per heavy atom. The first-order valence-corrected chi connectivity index (χ1v) is 5.29. The molecular weight excluding hydrogens is 224 g/mol. The molecule has 3 nitrogen and oxygen atoms in total.